The first kappa shape index (κ1) is 14.4. The first-order valence-corrected chi connectivity index (χ1v) is 6.38. The molecule has 1 aromatic carbocycles. The van der Waals surface area contributed by atoms with Gasteiger partial charge in [-0.2, -0.15) is 0 Å². The highest BCUT2D eigenvalue weighted by molar-refractivity contribution is 5.24. The average Bonchev–Trinajstić information content (AvgIpc) is 2.41. The predicted octanol–water partition coefficient (Wildman–Crippen LogP) is 2.11. The normalized spacial score (nSPS) is 19.4. The number of benzene rings is 1. The van der Waals surface area contributed by atoms with Gasteiger partial charge in [-0.25, -0.2) is 8.78 Å². The van der Waals surface area contributed by atoms with E-state index < -0.39 is 23.3 Å². The van der Waals surface area contributed by atoms with Gasteiger partial charge in [0.1, 0.15) is 11.6 Å². The number of ether oxygens (including phenoxy) is 1. The number of morpholine rings is 1. The molecule has 1 N–H and O–H groups in total. The van der Waals surface area contributed by atoms with Crippen molar-refractivity contribution in [2.45, 2.75) is 25.5 Å². The Kier molecular flexibility index (Phi) is 4.18. The fourth-order valence-electron chi connectivity index (χ4n) is 2.42. The topological polar surface area (TPSA) is 32.7 Å². The van der Waals surface area contributed by atoms with Crippen LogP contribution in [0.2, 0.25) is 0 Å². The van der Waals surface area contributed by atoms with Crippen molar-refractivity contribution in [3.8, 4) is 0 Å². The molecule has 0 aromatic heterocycles. The molecule has 1 atom stereocenters. The van der Waals surface area contributed by atoms with Crippen molar-refractivity contribution in [3.05, 3.63) is 35.4 Å². The average molecular weight is 271 g/mol. The van der Waals surface area contributed by atoms with Crippen molar-refractivity contribution in [3.63, 3.8) is 0 Å². The van der Waals surface area contributed by atoms with E-state index in [1.54, 1.807) is 0 Å². The molecule has 0 amide bonds. The van der Waals surface area contributed by atoms with Gasteiger partial charge in [-0.05, 0) is 32.0 Å². The van der Waals surface area contributed by atoms with Gasteiger partial charge in [0.15, 0.2) is 0 Å². The lowest BCUT2D eigenvalue weighted by Gasteiger charge is -2.43. The van der Waals surface area contributed by atoms with E-state index in [1.807, 2.05) is 18.7 Å². The quantitative estimate of drug-likeness (QED) is 0.914. The van der Waals surface area contributed by atoms with E-state index in [-0.39, 0.29) is 5.56 Å². The first-order chi connectivity index (χ1) is 8.93. The zero-order valence-electron chi connectivity index (χ0n) is 11.2. The second kappa shape index (κ2) is 5.53. The van der Waals surface area contributed by atoms with Crippen LogP contribution in [0.15, 0.2) is 18.2 Å². The maximum atomic E-state index is 13.7. The molecule has 1 saturated heterocycles. The van der Waals surface area contributed by atoms with Crippen LogP contribution in [0.4, 0.5) is 8.78 Å². The minimum Gasteiger partial charge on any atom is -0.386 e. The summed E-state index contributed by atoms with van der Waals surface area (Å²) in [7, 11) is 0. The van der Waals surface area contributed by atoms with Crippen molar-refractivity contribution in [1.29, 1.82) is 0 Å². The summed E-state index contributed by atoms with van der Waals surface area (Å²) in [5.41, 5.74) is -0.685. The van der Waals surface area contributed by atoms with Gasteiger partial charge >= 0.3 is 0 Å². The molecule has 1 fully saturated rings. The standard InChI is InChI=1S/C14H19F2NO2/c1-14(2,17-5-7-19-8-6-17)13(18)11-9-10(15)3-4-12(11)16/h3-4,9,13,18H,5-8H2,1-2H3. The van der Waals surface area contributed by atoms with Gasteiger partial charge in [-0.3, -0.25) is 4.90 Å². The lowest BCUT2D eigenvalue weighted by atomic mass is 9.88. The highest BCUT2D eigenvalue weighted by Gasteiger charge is 2.37. The van der Waals surface area contributed by atoms with Crippen LogP contribution in [0.25, 0.3) is 0 Å². The van der Waals surface area contributed by atoms with Crippen LogP contribution in [0.5, 0.6) is 0 Å². The van der Waals surface area contributed by atoms with E-state index in [4.69, 9.17) is 4.74 Å². The highest BCUT2D eigenvalue weighted by atomic mass is 19.1. The summed E-state index contributed by atoms with van der Waals surface area (Å²) in [5, 5.41) is 10.4. The summed E-state index contributed by atoms with van der Waals surface area (Å²) in [6.07, 6.45) is -1.10. The Morgan fingerprint density at radius 3 is 2.53 bits per heavy atom. The number of hydrogen-bond acceptors (Lipinski definition) is 3. The van der Waals surface area contributed by atoms with E-state index >= 15 is 0 Å². The summed E-state index contributed by atoms with van der Waals surface area (Å²) in [5.74, 6) is -1.14. The van der Waals surface area contributed by atoms with Crippen LogP contribution in [-0.4, -0.2) is 41.8 Å². The molecule has 1 aromatic rings. The smallest absolute Gasteiger partial charge is 0.129 e. The molecule has 1 unspecified atom stereocenters. The number of halogens is 2. The summed E-state index contributed by atoms with van der Waals surface area (Å²) in [6.45, 7) is 6.16. The largest absolute Gasteiger partial charge is 0.386 e. The minimum absolute atomic E-state index is 0.00325. The Balaban J connectivity index is 2.25. The molecule has 2 rings (SSSR count). The molecule has 0 radical (unpaired) electrons. The van der Waals surface area contributed by atoms with Gasteiger partial charge in [-0.15, -0.1) is 0 Å². The third kappa shape index (κ3) is 2.94. The van der Waals surface area contributed by atoms with Crippen LogP contribution in [0.3, 0.4) is 0 Å². The van der Waals surface area contributed by atoms with Crippen LogP contribution in [0.1, 0.15) is 25.5 Å². The van der Waals surface area contributed by atoms with Crippen LogP contribution in [0, 0.1) is 11.6 Å². The number of nitrogens with zero attached hydrogens (tertiary/aromatic N) is 1. The van der Waals surface area contributed by atoms with E-state index in [1.165, 1.54) is 0 Å². The highest BCUT2D eigenvalue weighted by Crippen LogP contribution is 2.33. The van der Waals surface area contributed by atoms with E-state index in [0.717, 1.165) is 18.2 Å². The van der Waals surface area contributed by atoms with E-state index in [0.29, 0.717) is 26.3 Å². The molecular weight excluding hydrogens is 252 g/mol. The van der Waals surface area contributed by atoms with E-state index in [9.17, 15) is 13.9 Å². The zero-order valence-corrected chi connectivity index (χ0v) is 11.2. The molecule has 0 bridgehead atoms. The minimum atomic E-state index is -1.10. The van der Waals surface area contributed by atoms with Crippen LogP contribution < -0.4 is 0 Å². The number of aliphatic hydroxyl groups is 1. The molecule has 0 spiro atoms. The second-order valence-electron chi connectivity index (χ2n) is 5.32. The Labute approximate surface area is 111 Å². The fourth-order valence-corrected chi connectivity index (χ4v) is 2.42. The van der Waals surface area contributed by atoms with Gasteiger partial charge in [-0.1, -0.05) is 0 Å². The Morgan fingerprint density at radius 2 is 1.89 bits per heavy atom. The van der Waals surface area contributed by atoms with Gasteiger partial charge < -0.3 is 9.84 Å². The van der Waals surface area contributed by atoms with Gasteiger partial charge in [0.05, 0.1) is 19.3 Å². The maximum absolute atomic E-state index is 13.7. The third-order valence-corrected chi connectivity index (χ3v) is 3.75. The van der Waals surface area contributed by atoms with Gasteiger partial charge in [0, 0.05) is 24.2 Å². The summed E-state index contributed by atoms with van der Waals surface area (Å²) >= 11 is 0. The zero-order chi connectivity index (χ0) is 14.0. The summed E-state index contributed by atoms with van der Waals surface area (Å²) in [6, 6.07) is 3.15. The molecule has 1 heterocycles. The Bertz CT molecular complexity index is 445. The summed E-state index contributed by atoms with van der Waals surface area (Å²) < 4.78 is 32.2. The monoisotopic (exact) mass is 271 g/mol. The Hall–Kier alpha value is -1.04. The molecule has 19 heavy (non-hydrogen) atoms. The third-order valence-electron chi connectivity index (χ3n) is 3.75. The number of rotatable bonds is 3. The number of hydrogen-bond donors (Lipinski definition) is 1. The van der Waals surface area contributed by atoms with Crippen molar-refractivity contribution in [2.75, 3.05) is 26.3 Å². The van der Waals surface area contributed by atoms with Crippen molar-refractivity contribution < 1.29 is 18.6 Å². The van der Waals surface area contributed by atoms with E-state index in [2.05, 4.69) is 0 Å². The first-order valence-electron chi connectivity index (χ1n) is 6.38. The molecule has 0 saturated carbocycles. The molecule has 1 aliphatic rings. The molecule has 1 aliphatic heterocycles. The lowest BCUT2D eigenvalue weighted by molar-refractivity contribution is -0.0640. The predicted molar refractivity (Wildman–Crippen MR) is 67.8 cm³/mol. The molecule has 0 aliphatic carbocycles. The van der Waals surface area contributed by atoms with Crippen molar-refractivity contribution in [1.82, 2.24) is 4.90 Å². The molecular formula is C14H19F2NO2. The fraction of sp³-hybridized carbons (Fsp3) is 0.571. The van der Waals surface area contributed by atoms with Crippen LogP contribution in [-0.2, 0) is 4.74 Å². The van der Waals surface area contributed by atoms with Crippen molar-refractivity contribution >= 4 is 0 Å². The maximum Gasteiger partial charge on any atom is 0.129 e. The second-order valence-corrected chi connectivity index (χ2v) is 5.32. The van der Waals surface area contributed by atoms with Crippen LogP contribution >= 0.6 is 0 Å². The SMILES string of the molecule is CC(C)(C(O)c1cc(F)ccc1F)N1CCOCC1. The Morgan fingerprint density at radius 1 is 1.26 bits per heavy atom. The van der Waals surface area contributed by atoms with Gasteiger partial charge in [0.25, 0.3) is 0 Å². The van der Waals surface area contributed by atoms with Gasteiger partial charge in [0.2, 0.25) is 0 Å². The molecule has 3 nitrogen and oxygen atoms in total. The lowest BCUT2D eigenvalue weighted by Crippen LogP contribution is -2.53. The van der Waals surface area contributed by atoms with Crippen molar-refractivity contribution in [2.24, 2.45) is 0 Å². The molecule has 5 heteroatoms. The summed E-state index contributed by atoms with van der Waals surface area (Å²) in [4.78, 5) is 2.03. The number of aliphatic hydroxyl groups excluding tert-OH is 1. The molecule has 106 valence electrons.